The van der Waals surface area contributed by atoms with Crippen LogP contribution in [-0.2, 0) is 16.1 Å². The van der Waals surface area contributed by atoms with Crippen molar-refractivity contribution in [2.24, 2.45) is 0 Å². The Morgan fingerprint density at radius 1 is 1.57 bits per heavy atom. The number of amides is 1. The molecule has 6 heteroatoms. The highest BCUT2D eigenvalue weighted by Gasteiger charge is 2.30. The Hall–Kier alpha value is -1.11. The predicted octanol–water partition coefficient (Wildman–Crippen LogP) is 1.67. The minimum absolute atomic E-state index is 0.0274. The van der Waals surface area contributed by atoms with Gasteiger partial charge in [0, 0.05) is 28.8 Å². The number of nitrogens with zero attached hydrogens (tertiary/aromatic N) is 1. The first-order valence-corrected chi connectivity index (χ1v) is 7.98. The molecule has 1 fully saturated rings. The number of aliphatic hydroxyl groups excluding tert-OH is 1. The molecule has 1 aromatic rings. The van der Waals surface area contributed by atoms with E-state index in [2.05, 4.69) is 21.2 Å². The molecule has 2 rings (SSSR count). The van der Waals surface area contributed by atoms with Crippen LogP contribution in [0.2, 0.25) is 0 Å². The largest absolute Gasteiger partial charge is 0.392 e. The highest BCUT2D eigenvalue weighted by molar-refractivity contribution is 9.10. The molecule has 1 unspecified atom stereocenters. The topological polar surface area (TPSA) is 61.8 Å². The van der Waals surface area contributed by atoms with Crippen molar-refractivity contribution in [1.82, 2.24) is 5.32 Å². The van der Waals surface area contributed by atoms with Crippen molar-refractivity contribution in [3.8, 4) is 0 Å². The Labute approximate surface area is 133 Å². The Balaban J connectivity index is 2.26. The standard InChI is InChI=1S/C15H21BrN2O3/c1-2-5-17-15(20)14-10-21-7-6-18(14)13-8-12(16)4-3-11(13)9-19/h3-4,8,14,19H,2,5-7,9-10H2,1H3,(H,17,20). The van der Waals surface area contributed by atoms with Gasteiger partial charge >= 0.3 is 0 Å². The zero-order valence-electron chi connectivity index (χ0n) is 12.1. The average molecular weight is 357 g/mol. The molecule has 0 saturated carbocycles. The summed E-state index contributed by atoms with van der Waals surface area (Å²) in [5.74, 6) is -0.0274. The van der Waals surface area contributed by atoms with Crippen LogP contribution in [0.4, 0.5) is 5.69 Å². The molecular weight excluding hydrogens is 336 g/mol. The zero-order valence-corrected chi connectivity index (χ0v) is 13.7. The third kappa shape index (κ3) is 3.96. The molecule has 1 aliphatic heterocycles. The summed E-state index contributed by atoms with van der Waals surface area (Å²) in [6.45, 7) is 4.21. The number of aliphatic hydroxyl groups is 1. The van der Waals surface area contributed by atoms with Crippen molar-refractivity contribution in [3.05, 3.63) is 28.2 Å². The fourth-order valence-corrected chi connectivity index (χ4v) is 2.76. The van der Waals surface area contributed by atoms with E-state index in [4.69, 9.17) is 4.74 Å². The summed E-state index contributed by atoms with van der Waals surface area (Å²) in [5, 5.41) is 12.5. The first-order chi connectivity index (χ1) is 10.2. The van der Waals surface area contributed by atoms with Gasteiger partial charge < -0.3 is 20.1 Å². The van der Waals surface area contributed by atoms with E-state index in [-0.39, 0.29) is 18.6 Å². The fraction of sp³-hybridized carbons (Fsp3) is 0.533. The smallest absolute Gasteiger partial charge is 0.245 e. The van der Waals surface area contributed by atoms with Gasteiger partial charge in [0.05, 0.1) is 19.8 Å². The van der Waals surface area contributed by atoms with Crippen molar-refractivity contribution in [3.63, 3.8) is 0 Å². The number of anilines is 1. The van der Waals surface area contributed by atoms with Crippen molar-refractivity contribution < 1.29 is 14.6 Å². The second-order valence-corrected chi connectivity index (χ2v) is 5.92. The molecule has 0 bridgehead atoms. The highest BCUT2D eigenvalue weighted by Crippen LogP contribution is 2.28. The molecule has 0 radical (unpaired) electrons. The summed E-state index contributed by atoms with van der Waals surface area (Å²) >= 11 is 3.45. The van der Waals surface area contributed by atoms with Gasteiger partial charge in [-0.05, 0) is 18.6 Å². The van der Waals surface area contributed by atoms with Crippen LogP contribution in [0.5, 0.6) is 0 Å². The zero-order chi connectivity index (χ0) is 15.2. The van der Waals surface area contributed by atoms with Crippen molar-refractivity contribution in [1.29, 1.82) is 0 Å². The summed E-state index contributed by atoms with van der Waals surface area (Å²) in [5.41, 5.74) is 1.69. The summed E-state index contributed by atoms with van der Waals surface area (Å²) in [4.78, 5) is 14.3. The molecule has 1 aliphatic rings. The lowest BCUT2D eigenvalue weighted by Crippen LogP contribution is -2.54. The summed E-state index contributed by atoms with van der Waals surface area (Å²) in [6.07, 6.45) is 0.901. The summed E-state index contributed by atoms with van der Waals surface area (Å²) < 4.78 is 6.39. The molecule has 1 heterocycles. The van der Waals surface area contributed by atoms with Crippen LogP contribution in [-0.4, -0.2) is 43.4 Å². The number of rotatable bonds is 5. The molecule has 1 aromatic carbocycles. The van der Waals surface area contributed by atoms with Crippen molar-refractivity contribution in [2.45, 2.75) is 26.0 Å². The van der Waals surface area contributed by atoms with E-state index in [9.17, 15) is 9.90 Å². The molecule has 0 aliphatic carbocycles. The first-order valence-electron chi connectivity index (χ1n) is 7.18. The minimum Gasteiger partial charge on any atom is -0.392 e. The Kier molecular flexibility index (Phi) is 6.02. The third-order valence-electron chi connectivity index (χ3n) is 3.51. The first kappa shape index (κ1) is 16.3. The van der Waals surface area contributed by atoms with E-state index in [0.29, 0.717) is 26.3 Å². The van der Waals surface area contributed by atoms with Gasteiger partial charge in [-0.1, -0.05) is 28.9 Å². The number of carbonyl (C=O) groups is 1. The van der Waals surface area contributed by atoms with E-state index in [1.54, 1.807) is 0 Å². The maximum atomic E-state index is 12.3. The van der Waals surface area contributed by atoms with Crippen molar-refractivity contribution >= 4 is 27.5 Å². The summed E-state index contributed by atoms with van der Waals surface area (Å²) in [7, 11) is 0. The molecule has 21 heavy (non-hydrogen) atoms. The van der Waals surface area contributed by atoms with Crippen LogP contribution in [0, 0.1) is 0 Å². The molecule has 116 valence electrons. The number of nitrogens with one attached hydrogen (secondary N) is 1. The van der Waals surface area contributed by atoms with Crippen LogP contribution in [0.3, 0.4) is 0 Å². The Morgan fingerprint density at radius 3 is 3.10 bits per heavy atom. The number of morpholine rings is 1. The van der Waals surface area contributed by atoms with E-state index in [1.807, 2.05) is 30.0 Å². The minimum atomic E-state index is -0.357. The SMILES string of the molecule is CCCNC(=O)C1COCCN1c1cc(Br)ccc1CO. The molecule has 0 aromatic heterocycles. The fourth-order valence-electron chi connectivity index (χ4n) is 2.41. The number of halogens is 1. The van der Waals surface area contributed by atoms with E-state index >= 15 is 0 Å². The number of hydrogen-bond acceptors (Lipinski definition) is 4. The molecule has 1 atom stereocenters. The average Bonchev–Trinajstić information content (AvgIpc) is 2.52. The van der Waals surface area contributed by atoms with Gasteiger partial charge in [-0.2, -0.15) is 0 Å². The van der Waals surface area contributed by atoms with Gasteiger partial charge in [-0.15, -0.1) is 0 Å². The monoisotopic (exact) mass is 356 g/mol. The normalized spacial score (nSPS) is 18.6. The highest BCUT2D eigenvalue weighted by atomic mass is 79.9. The second kappa shape index (κ2) is 7.77. The van der Waals surface area contributed by atoms with Gasteiger partial charge in [0.1, 0.15) is 6.04 Å². The Morgan fingerprint density at radius 2 is 2.38 bits per heavy atom. The lowest BCUT2D eigenvalue weighted by Gasteiger charge is -2.37. The van der Waals surface area contributed by atoms with E-state index < -0.39 is 0 Å². The Bertz CT molecular complexity index is 496. The quantitative estimate of drug-likeness (QED) is 0.842. The van der Waals surface area contributed by atoms with Crippen LogP contribution < -0.4 is 10.2 Å². The maximum absolute atomic E-state index is 12.3. The number of carbonyl (C=O) groups excluding carboxylic acids is 1. The third-order valence-corrected chi connectivity index (χ3v) is 4.00. The lowest BCUT2D eigenvalue weighted by atomic mass is 10.1. The molecule has 2 N–H and O–H groups in total. The van der Waals surface area contributed by atoms with Crippen LogP contribution in [0.15, 0.2) is 22.7 Å². The maximum Gasteiger partial charge on any atom is 0.245 e. The number of benzene rings is 1. The molecule has 5 nitrogen and oxygen atoms in total. The molecular formula is C15H21BrN2O3. The van der Waals surface area contributed by atoms with Gasteiger partial charge in [0.2, 0.25) is 5.91 Å². The summed E-state index contributed by atoms with van der Waals surface area (Å²) in [6, 6.07) is 5.35. The molecule has 1 saturated heterocycles. The number of ether oxygens (including phenoxy) is 1. The predicted molar refractivity (Wildman–Crippen MR) is 85.3 cm³/mol. The van der Waals surface area contributed by atoms with E-state index in [1.165, 1.54) is 0 Å². The second-order valence-electron chi connectivity index (χ2n) is 5.01. The van der Waals surface area contributed by atoms with Gasteiger partial charge in [-0.25, -0.2) is 0 Å². The molecule has 0 spiro atoms. The number of hydrogen-bond donors (Lipinski definition) is 2. The van der Waals surface area contributed by atoms with Crippen LogP contribution in [0.1, 0.15) is 18.9 Å². The van der Waals surface area contributed by atoms with Crippen molar-refractivity contribution in [2.75, 3.05) is 31.2 Å². The van der Waals surface area contributed by atoms with E-state index in [0.717, 1.165) is 22.1 Å². The van der Waals surface area contributed by atoms with Crippen LogP contribution >= 0.6 is 15.9 Å². The lowest BCUT2D eigenvalue weighted by molar-refractivity contribution is -0.124. The van der Waals surface area contributed by atoms with Gasteiger partial charge in [-0.3, -0.25) is 4.79 Å². The van der Waals surface area contributed by atoms with Gasteiger partial charge in [0.15, 0.2) is 0 Å². The van der Waals surface area contributed by atoms with Gasteiger partial charge in [0.25, 0.3) is 0 Å². The molecule has 1 amide bonds. The van der Waals surface area contributed by atoms with Crippen LogP contribution in [0.25, 0.3) is 0 Å².